The standard InChI is InChI=1S/C6H11O6.Co.Mn.Ni/c7-1-3(9)5(11)6(12)4(10)2-8;;;/h3-7,9-12H,1H2;;;/q-1;;;/t3-,4+,5-,6-;;;/m1.../s1. The average Bonchev–Trinajstić information content (AvgIpc) is 2.12. The summed E-state index contributed by atoms with van der Waals surface area (Å²) in [4.78, 5) is 9.77. The van der Waals surface area contributed by atoms with Crippen LogP contribution in [0.3, 0.4) is 0 Å². The zero-order valence-corrected chi connectivity index (χ0v) is 10.4. The number of hydrogen-bond donors (Lipinski definition) is 5. The minimum absolute atomic E-state index is 0. The monoisotopic (exact) mass is 351 g/mol. The molecule has 0 aliphatic rings. The molecule has 0 aromatic carbocycles. The molecule has 5 N–H and O–H groups in total. The molecule has 15 heavy (non-hydrogen) atoms. The van der Waals surface area contributed by atoms with Crippen molar-refractivity contribution < 1.29 is 80.7 Å². The van der Waals surface area contributed by atoms with Crippen molar-refractivity contribution in [3.05, 3.63) is 0 Å². The van der Waals surface area contributed by atoms with E-state index in [2.05, 4.69) is 0 Å². The van der Waals surface area contributed by atoms with Crippen LogP contribution in [0.1, 0.15) is 0 Å². The molecule has 6 nitrogen and oxygen atoms in total. The fraction of sp³-hybridized carbons (Fsp3) is 0.833. The van der Waals surface area contributed by atoms with Crippen molar-refractivity contribution in [2.45, 2.75) is 24.4 Å². The van der Waals surface area contributed by atoms with Crippen molar-refractivity contribution in [2.24, 2.45) is 0 Å². The van der Waals surface area contributed by atoms with Crippen molar-refractivity contribution in [3.63, 3.8) is 0 Å². The second kappa shape index (κ2) is 13.1. The quantitative estimate of drug-likeness (QED) is 0.259. The van der Waals surface area contributed by atoms with E-state index in [0.717, 1.165) is 6.29 Å². The molecule has 98 valence electrons. The maximum Gasteiger partial charge on any atom is 0.108 e. The van der Waals surface area contributed by atoms with Crippen LogP contribution in [0.25, 0.3) is 0 Å². The van der Waals surface area contributed by atoms with Gasteiger partial charge in [0.05, 0.1) is 12.7 Å². The Labute approximate surface area is 118 Å². The minimum atomic E-state index is -1.89. The molecule has 0 spiro atoms. The van der Waals surface area contributed by atoms with Crippen molar-refractivity contribution >= 4 is 6.29 Å². The third kappa shape index (κ3) is 8.76. The molecule has 0 bridgehead atoms. The molecule has 0 amide bonds. The Morgan fingerprint density at radius 1 is 1.07 bits per heavy atom. The molecule has 4 atom stereocenters. The Morgan fingerprint density at radius 2 is 1.47 bits per heavy atom. The largest absolute Gasteiger partial charge is 0.539 e. The molecule has 0 unspecified atom stereocenters. The number of aliphatic hydroxyl groups is 5. The van der Waals surface area contributed by atoms with Crippen LogP contribution >= 0.6 is 0 Å². The molecule has 0 aliphatic heterocycles. The van der Waals surface area contributed by atoms with Crippen LogP contribution in [0.2, 0.25) is 0 Å². The Kier molecular flexibility index (Phi) is 21.8. The zero-order chi connectivity index (χ0) is 9.72. The summed E-state index contributed by atoms with van der Waals surface area (Å²) >= 11 is 0. The number of carbonyl (C=O) groups excluding carboxylic acids is 1. The maximum absolute atomic E-state index is 9.77. The molecule has 0 aliphatic carbocycles. The summed E-state index contributed by atoms with van der Waals surface area (Å²) < 4.78 is 0. The molecule has 0 heterocycles. The predicted octanol–water partition coefficient (Wildman–Crippen LogP) is -3.48. The van der Waals surface area contributed by atoms with Gasteiger partial charge in [0.25, 0.3) is 0 Å². The first-order chi connectivity index (χ1) is 5.54. The summed E-state index contributed by atoms with van der Waals surface area (Å²) in [6, 6.07) is 0. The second-order valence-corrected chi connectivity index (χ2v) is 2.29. The van der Waals surface area contributed by atoms with E-state index in [1.54, 1.807) is 0 Å². The van der Waals surface area contributed by atoms with Gasteiger partial charge in [0.2, 0.25) is 0 Å². The number of rotatable bonds is 5. The topological polar surface area (TPSA) is 118 Å². The van der Waals surface area contributed by atoms with Crippen molar-refractivity contribution in [1.82, 2.24) is 0 Å². The molecule has 0 fully saturated rings. The summed E-state index contributed by atoms with van der Waals surface area (Å²) in [5, 5.41) is 43.4. The van der Waals surface area contributed by atoms with Gasteiger partial charge in [0, 0.05) is 50.3 Å². The van der Waals surface area contributed by atoms with E-state index < -0.39 is 31.0 Å². The summed E-state index contributed by atoms with van der Waals surface area (Å²) in [6.45, 7) is -0.774. The fourth-order valence-electron chi connectivity index (χ4n) is 0.592. The Morgan fingerprint density at radius 3 is 1.73 bits per heavy atom. The van der Waals surface area contributed by atoms with Crippen LogP contribution < -0.4 is 0 Å². The maximum atomic E-state index is 9.77. The number of aliphatic hydroxyl groups excluding tert-OH is 5. The van der Waals surface area contributed by atoms with Crippen molar-refractivity contribution in [2.75, 3.05) is 6.61 Å². The van der Waals surface area contributed by atoms with Crippen LogP contribution in [0, 0.1) is 0 Å². The van der Waals surface area contributed by atoms with E-state index in [1.165, 1.54) is 0 Å². The van der Waals surface area contributed by atoms with Crippen LogP contribution in [0.5, 0.6) is 0 Å². The Hall–Kier alpha value is 0.989. The molecule has 0 saturated heterocycles. The van der Waals surface area contributed by atoms with Crippen LogP contribution in [-0.4, -0.2) is 62.8 Å². The molecular formula is C6H11CoMnNiO6-. The predicted molar refractivity (Wildman–Crippen MR) is 36.8 cm³/mol. The second-order valence-electron chi connectivity index (χ2n) is 2.29. The van der Waals surface area contributed by atoms with Crippen LogP contribution in [0.4, 0.5) is 0 Å². The van der Waals surface area contributed by atoms with Gasteiger partial charge in [0.15, 0.2) is 0 Å². The van der Waals surface area contributed by atoms with E-state index in [4.69, 9.17) is 25.5 Å². The third-order valence-corrected chi connectivity index (χ3v) is 1.38. The van der Waals surface area contributed by atoms with Gasteiger partial charge in [-0.1, -0.05) is 0 Å². The van der Waals surface area contributed by atoms with Gasteiger partial charge in [-0.2, -0.15) is 0 Å². The van der Waals surface area contributed by atoms with E-state index in [1.807, 2.05) is 0 Å². The van der Waals surface area contributed by atoms with Crippen LogP contribution in [0.15, 0.2) is 0 Å². The molecule has 0 rings (SSSR count). The fourth-order valence-corrected chi connectivity index (χ4v) is 0.592. The van der Waals surface area contributed by atoms with Gasteiger partial charge in [-0.3, -0.25) is 0 Å². The van der Waals surface area contributed by atoms with Gasteiger partial charge in [-0.25, -0.2) is 6.29 Å². The Bertz CT molecular complexity index is 154. The van der Waals surface area contributed by atoms with E-state index >= 15 is 0 Å². The van der Waals surface area contributed by atoms with E-state index in [9.17, 15) is 4.79 Å². The van der Waals surface area contributed by atoms with Crippen LogP contribution in [-0.2, 0) is 55.1 Å². The van der Waals surface area contributed by atoms with E-state index in [-0.39, 0.29) is 50.3 Å². The van der Waals surface area contributed by atoms with Crippen molar-refractivity contribution in [1.29, 1.82) is 0 Å². The minimum Gasteiger partial charge on any atom is -0.539 e. The first-order valence-electron chi connectivity index (χ1n) is 3.25. The third-order valence-electron chi connectivity index (χ3n) is 1.38. The first-order valence-corrected chi connectivity index (χ1v) is 3.25. The summed E-state index contributed by atoms with van der Waals surface area (Å²) in [5.74, 6) is 0. The van der Waals surface area contributed by atoms with Gasteiger partial charge >= 0.3 is 0 Å². The normalized spacial score (nSPS) is 16.9. The molecular weight excluding hydrogens is 341 g/mol. The summed E-state index contributed by atoms with van der Waals surface area (Å²) in [6.07, 6.45) is -6.07. The van der Waals surface area contributed by atoms with E-state index in [0.29, 0.717) is 0 Å². The molecule has 0 aromatic heterocycles. The van der Waals surface area contributed by atoms with Gasteiger partial charge < -0.3 is 30.3 Å². The summed E-state index contributed by atoms with van der Waals surface area (Å²) in [5.41, 5.74) is 0. The molecule has 0 saturated carbocycles. The smallest absolute Gasteiger partial charge is 0.108 e. The Balaban J connectivity index is -0.000000202. The number of hydrogen-bond acceptors (Lipinski definition) is 6. The SMILES string of the molecule is O=[C-][C@H](O)[C@@H](O)[C@H](O)[C@H](O)CO.[Co].[Mn].[Ni]. The van der Waals surface area contributed by atoms with Crippen molar-refractivity contribution in [3.8, 4) is 0 Å². The van der Waals surface area contributed by atoms with Gasteiger partial charge in [-0.15, -0.1) is 0 Å². The van der Waals surface area contributed by atoms with Gasteiger partial charge in [-0.05, 0) is 6.10 Å². The molecule has 0 aromatic rings. The molecule has 2 radical (unpaired) electrons. The van der Waals surface area contributed by atoms with Gasteiger partial charge in [0.1, 0.15) is 12.2 Å². The average molecular weight is 352 g/mol. The zero-order valence-electron chi connectivity index (χ0n) is 7.19. The molecule has 9 heteroatoms. The summed E-state index contributed by atoms with van der Waals surface area (Å²) in [7, 11) is 0. The first kappa shape index (κ1) is 25.0.